The van der Waals surface area contributed by atoms with Crippen LogP contribution in [-0.2, 0) is 4.74 Å². The second-order valence-electron chi connectivity index (χ2n) is 10.7. The third-order valence-corrected chi connectivity index (χ3v) is 6.69. The molecule has 3 aromatic heterocycles. The van der Waals surface area contributed by atoms with Crippen molar-refractivity contribution in [1.29, 1.82) is 0 Å². The molecule has 0 spiro atoms. The number of ether oxygens (including phenoxy) is 2. The molecule has 2 aliphatic rings. The van der Waals surface area contributed by atoms with Crippen molar-refractivity contribution >= 4 is 17.7 Å². The minimum absolute atomic E-state index is 0.00545. The van der Waals surface area contributed by atoms with Gasteiger partial charge in [-0.2, -0.15) is 5.10 Å². The van der Waals surface area contributed by atoms with E-state index < -0.39 is 29.7 Å². The van der Waals surface area contributed by atoms with Crippen LogP contribution < -0.4 is 10.1 Å². The number of carbonyl (C=O) groups excluding carboxylic acids is 1. The number of aliphatic hydroxyl groups is 1. The SMILES string of the molecule is COc1cc2ncc(-c3nc(N[C@H]4CN(C(=O)OC(C)(C)C)CC[C@@H]4F)ncc3F)n2nc1C1CC(O)C1. The Labute approximate surface area is 218 Å². The first kappa shape index (κ1) is 26.0. The van der Waals surface area contributed by atoms with Crippen molar-refractivity contribution < 1.29 is 28.2 Å². The number of aliphatic hydroxyl groups excluding tert-OH is 1. The van der Waals surface area contributed by atoms with Crippen molar-refractivity contribution in [1.82, 2.24) is 29.5 Å². The molecule has 3 aromatic rings. The molecule has 1 amide bonds. The Morgan fingerprint density at radius 2 is 2.00 bits per heavy atom. The van der Waals surface area contributed by atoms with Gasteiger partial charge in [0.05, 0.1) is 31.6 Å². The molecule has 1 saturated carbocycles. The summed E-state index contributed by atoms with van der Waals surface area (Å²) >= 11 is 0. The summed E-state index contributed by atoms with van der Waals surface area (Å²) in [5, 5.41) is 17.3. The highest BCUT2D eigenvalue weighted by molar-refractivity contribution is 5.68. The van der Waals surface area contributed by atoms with Gasteiger partial charge in [-0.15, -0.1) is 0 Å². The zero-order valence-corrected chi connectivity index (χ0v) is 21.7. The van der Waals surface area contributed by atoms with Crippen molar-refractivity contribution in [2.75, 3.05) is 25.5 Å². The van der Waals surface area contributed by atoms with Crippen molar-refractivity contribution in [3.8, 4) is 17.1 Å². The highest BCUT2D eigenvalue weighted by Crippen LogP contribution is 2.40. The van der Waals surface area contributed by atoms with E-state index in [0.717, 1.165) is 6.20 Å². The molecule has 13 heteroatoms. The Hall–Kier alpha value is -3.61. The number of anilines is 1. The second kappa shape index (κ2) is 9.93. The molecular formula is C25H31F2N7O4. The first-order valence-corrected chi connectivity index (χ1v) is 12.5. The number of hydrogen-bond donors (Lipinski definition) is 2. The molecule has 0 unspecified atom stereocenters. The molecule has 0 bridgehead atoms. The lowest BCUT2D eigenvalue weighted by atomic mass is 9.80. The Kier molecular flexibility index (Phi) is 6.80. The van der Waals surface area contributed by atoms with Crippen LogP contribution in [0.3, 0.4) is 0 Å². The number of alkyl halides is 1. The molecule has 11 nitrogen and oxygen atoms in total. The molecule has 0 aromatic carbocycles. The third kappa shape index (κ3) is 5.19. The van der Waals surface area contributed by atoms with E-state index in [9.17, 15) is 18.7 Å². The number of carbonyl (C=O) groups is 1. The van der Waals surface area contributed by atoms with Crippen LogP contribution in [0, 0.1) is 5.82 Å². The van der Waals surface area contributed by atoms with E-state index in [0.29, 0.717) is 29.9 Å². The van der Waals surface area contributed by atoms with Gasteiger partial charge in [0.1, 0.15) is 34.6 Å². The molecule has 1 aliphatic carbocycles. The van der Waals surface area contributed by atoms with Crippen LogP contribution in [0.2, 0.25) is 0 Å². The number of rotatable bonds is 5. The van der Waals surface area contributed by atoms with E-state index in [-0.39, 0.29) is 48.9 Å². The topological polar surface area (TPSA) is 127 Å². The molecule has 1 aliphatic heterocycles. The van der Waals surface area contributed by atoms with Crippen LogP contribution in [0.5, 0.6) is 5.75 Å². The average Bonchev–Trinajstić information content (AvgIpc) is 3.25. The van der Waals surface area contributed by atoms with Crippen LogP contribution in [0.15, 0.2) is 18.5 Å². The normalized spacial score (nSPS) is 23.7. The van der Waals surface area contributed by atoms with Crippen molar-refractivity contribution in [2.24, 2.45) is 0 Å². The van der Waals surface area contributed by atoms with Crippen molar-refractivity contribution in [2.45, 2.75) is 69.9 Å². The summed E-state index contributed by atoms with van der Waals surface area (Å²) in [7, 11) is 1.53. The Morgan fingerprint density at radius 1 is 1.24 bits per heavy atom. The number of piperidine rings is 1. The number of nitrogens with one attached hydrogen (secondary N) is 1. The van der Waals surface area contributed by atoms with Gasteiger partial charge in [0, 0.05) is 25.1 Å². The zero-order valence-electron chi connectivity index (χ0n) is 21.7. The molecule has 2 N–H and O–H groups in total. The van der Waals surface area contributed by atoms with Gasteiger partial charge in [0.25, 0.3) is 0 Å². The van der Waals surface area contributed by atoms with E-state index in [2.05, 4.69) is 25.4 Å². The standard InChI is InChI=1S/C25H31F2N7O4/c1-25(2,3)38-24(36)33-6-5-15(26)17(12-33)30-23-29-10-16(27)22(31-23)18-11-28-20-9-19(37-4)21(32-34(18)20)13-7-14(35)8-13/h9-11,13-15,17,35H,5-8,12H2,1-4H3,(H,29,30,31)/t13?,14?,15-,17-/m0/s1. The fraction of sp³-hybridized carbons (Fsp3) is 0.560. The molecule has 38 heavy (non-hydrogen) atoms. The molecular weight excluding hydrogens is 500 g/mol. The number of fused-ring (bicyclic) bond motifs is 1. The van der Waals surface area contributed by atoms with Crippen LogP contribution in [0.1, 0.15) is 51.6 Å². The molecule has 2 atom stereocenters. The predicted octanol–water partition coefficient (Wildman–Crippen LogP) is 3.33. The molecule has 2 fully saturated rings. The lowest BCUT2D eigenvalue weighted by Crippen LogP contribution is -2.52. The second-order valence-corrected chi connectivity index (χ2v) is 10.7. The number of amides is 1. The smallest absolute Gasteiger partial charge is 0.410 e. The van der Waals surface area contributed by atoms with Crippen LogP contribution in [0.4, 0.5) is 19.5 Å². The number of aromatic nitrogens is 5. The van der Waals surface area contributed by atoms with Crippen LogP contribution in [-0.4, -0.2) is 84.8 Å². The minimum atomic E-state index is -1.27. The number of likely N-dealkylation sites (tertiary alicyclic amines) is 1. The van der Waals surface area contributed by atoms with Gasteiger partial charge >= 0.3 is 6.09 Å². The fourth-order valence-corrected chi connectivity index (χ4v) is 4.66. The summed E-state index contributed by atoms with van der Waals surface area (Å²) in [5.41, 5.74) is 0.607. The Balaban J connectivity index is 1.41. The number of nitrogens with zero attached hydrogens (tertiary/aromatic N) is 6. The maximum atomic E-state index is 15.0. The highest BCUT2D eigenvalue weighted by Gasteiger charge is 2.35. The number of methoxy groups -OCH3 is 1. The first-order chi connectivity index (χ1) is 18.0. The maximum absolute atomic E-state index is 15.0. The minimum Gasteiger partial charge on any atom is -0.495 e. The zero-order chi connectivity index (χ0) is 27.2. The van der Waals surface area contributed by atoms with Gasteiger partial charge in [0.15, 0.2) is 11.5 Å². The van der Waals surface area contributed by atoms with E-state index in [4.69, 9.17) is 9.47 Å². The van der Waals surface area contributed by atoms with Gasteiger partial charge in [-0.1, -0.05) is 0 Å². The van der Waals surface area contributed by atoms with Gasteiger partial charge in [-0.3, -0.25) is 0 Å². The van der Waals surface area contributed by atoms with Gasteiger partial charge < -0.3 is 24.8 Å². The van der Waals surface area contributed by atoms with Gasteiger partial charge in [0.2, 0.25) is 5.95 Å². The van der Waals surface area contributed by atoms with Crippen molar-refractivity contribution in [3.05, 3.63) is 30.0 Å². The monoisotopic (exact) mass is 531 g/mol. The molecule has 1 saturated heterocycles. The molecule has 0 radical (unpaired) electrons. The third-order valence-electron chi connectivity index (χ3n) is 6.69. The Morgan fingerprint density at radius 3 is 2.68 bits per heavy atom. The average molecular weight is 532 g/mol. The fourth-order valence-electron chi connectivity index (χ4n) is 4.66. The van der Waals surface area contributed by atoms with Crippen LogP contribution >= 0.6 is 0 Å². The lowest BCUT2D eigenvalue weighted by molar-refractivity contribution is 0.0150. The van der Waals surface area contributed by atoms with E-state index in [1.54, 1.807) is 26.8 Å². The highest BCUT2D eigenvalue weighted by atomic mass is 19.1. The summed E-state index contributed by atoms with van der Waals surface area (Å²) in [4.78, 5) is 26.6. The number of halogens is 2. The maximum Gasteiger partial charge on any atom is 0.410 e. The van der Waals surface area contributed by atoms with Gasteiger partial charge in [-0.05, 0) is 40.0 Å². The van der Waals surface area contributed by atoms with E-state index in [1.165, 1.54) is 22.7 Å². The predicted molar refractivity (Wildman–Crippen MR) is 133 cm³/mol. The first-order valence-electron chi connectivity index (χ1n) is 12.5. The number of hydrogen-bond acceptors (Lipinski definition) is 9. The van der Waals surface area contributed by atoms with Gasteiger partial charge in [-0.25, -0.2) is 33.0 Å². The Bertz CT molecular complexity index is 1340. The largest absolute Gasteiger partial charge is 0.495 e. The van der Waals surface area contributed by atoms with Crippen molar-refractivity contribution in [3.63, 3.8) is 0 Å². The van der Waals surface area contributed by atoms with E-state index >= 15 is 0 Å². The summed E-state index contributed by atoms with van der Waals surface area (Å²) < 4.78 is 42.1. The van der Waals surface area contributed by atoms with Crippen LogP contribution in [0.25, 0.3) is 17.0 Å². The summed E-state index contributed by atoms with van der Waals surface area (Å²) in [6.07, 6.45) is 1.49. The summed E-state index contributed by atoms with van der Waals surface area (Å²) in [6.45, 7) is 5.56. The molecule has 204 valence electrons. The number of imidazole rings is 1. The summed E-state index contributed by atoms with van der Waals surface area (Å²) in [6, 6.07) is 0.895. The molecule has 4 heterocycles. The lowest BCUT2D eigenvalue weighted by Gasteiger charge is -2.36. The van der Waals surface area contributed by atoms with E-state index in [1.807, 2.05) is 0 Å². The molecule has 5 rings (SSSR count). The quantitative estimate of drug-likeness (QED) is 0.510. The summed E-state index contributed by atoms with van der Waals surface area (Å²) in [5.74, 6) is -0.150.